The largest absolute Gasteiger partial charge is 0.367 e. The molecule has 1 aromatic rings. The first kappa shape index (κ1) is 7.46. The molecule has 0 atom stereocenters. The van der Waals surface area contributed by atoms with Gasteiger partial charge in [0.05, 0.1) is 5.10 Å². The van der Waals surface area contributed by atoms with E-state index in [1.807, 2.05) is 0 Å². The van der Waals surface area contributed by atoms with E-state index in [-0.39, 0.29) is 0 Å². The van der Waals surface area contributed by atoms with Crippen molar-refractivity contribution in [1.82, 2.24) is 4.98 Å². The Labute approximate surface area is 62.5 Å². The zero-order valence-electron chi connectivity index (χ0n) is 5.94. The molecule has 0 fully saturated rings. The van der Waals surface area contributed by atoms with E-state index < -0.39 is 5.03 Å². The number of rotatable bonds is 1. The molecule has 0 aliphatic carbocycles. The second-order valence-corrected chi connectivity index (χ2v) is 2.05. The molecule has 5 nitrogen and oxygen atoms in total. The molecule has 1 aromatic heterocycles. The molecular formula is C6H7N3O2. The van der Waals surface area contributed by atoms with Crippen LogP contribution in [0.25, 0.3) is 0 Å². The van der Waals surface area contributed by atoms with Gasteiger partial charge >= 0.3 is 0 Å². The monoisotopic (exact) mass is 153 g/mol. The van der Waals surface area contributed by atoms with Crippen LogP contribution in [0.3, 0.4) is 0 Å². The van der Waals surface area contributed by atoms with Crippen LogP contribution >= 0.6 is 0 Å². The van der Waals surface area contributed by atoms with Crippen molar-refractivity contribution in [3.8, 4) is 0 Å². The summed E-state index contributed by atoms with van der Waals surface area (Å²) in [5.41, 5.74) is 0.754. The Morgan fingerprint density at radius 1 is 1.73 bits per heavy atom. The van der Waals surface area contributed by atoms with Crippen molar-refractivity contribution in [2.75, 3.05) is 0 Å². The highest BCUT2D eigenvalue weighted by atomic mass is 16.7. The number of nitro groups is 1. The van der Waals surface area contributed by atoms with Crippen molar-refractivity contribution in [3.63, 3.8) is 0 Å². The second kappa shape index (κ2) is 2.96. The number of nitrogens with zero attached hydrogens (tertiary/aromatic N) is 2. The lowest BCUT2D eigenvalue weighted by Crippen LogP contribution is -2.08. The zero-order valence-corrected chi connectivity index (χ0v) is 5.94. The molecule has 0 spiro atoms. The summed E-state index contributed by atoms with van der Waals surface area (Å²) in [6.45, 7) is 1.75. The molecule has 1 heterocycles. The SMILES string of the molecule is Cc1c[nH]cc/c1=N/[N+](=O)[O-]. The highest BCUT2D eigenvalue weighted by Gasteiger charge is 1.92. The first-order valence-corrected chi connectivity index (χ1v) is 3.03. The number of aromatic amines is 1. The molecule has 1 rings (SSSR count). The molecule has 1 N–H and O–H groups in total. The van der Waals surface area contributed by atoms with E-state index in [0.29, 0.717) is 5.36 Å². The molecule has 0 saturated heterocycles. The maximum absolute atomic E-state index is 9.95. The normalized spacial score (nSPS) is 11.5. The van der Waals surface area contributed by atoms with E-state index in [1.54, 1.807) is 25.4 Å². The standard InChI is InChI=1S/C6H7N3O2/c1-5-4-7-3-2-6(5)8-9(10)11/h2-4H,1H3,(H,7,8). The van der Waals surface area contributed by atoms with Gasteiger partial charge in [0, 0.05) is 12.4 Å². The van der Waals surface area contributed by atoms with Crippen molar-refractivity contribution in [1.29, 1.82) is 0 Å². The minimum atomic E-state index is -0.706. The molecule has 11 heavy (non-hydrogen) atoms. The first-order valence-electron chi connectivity index (χ1n) is 3.03. The van der Waals surface area contributed by atoms with Gasteiger partial charge in [0.1, 0.15) is 5.36 Å². The Morgan fingerprint density at radius 3 is 3.00 bits per heavy atom. The minimum Gasteiger partial charge on any atom is -0.367 e. The van der Waals surface area contributed by atoms with Crippen LogP contribution in [0.5, 0.6) is 0 Å². The van der Waals surface area contributed by atoms with E-state index >= 15 is 0 Å². The fourth-order valence-electron chi connectivity index (χ4n) is 0.706. The predicted molar refractivity (Wildman–Crippen MR) is 38.1 cm³/mol. The molecule has 0 aromatic carbocycles. The Morgan fingerprint density at radius 2 is 2.45 bits per heavy atom. The summed E-state index contributed by atoms with van der Waals surface area (Å²) in [6.07, 6.45) is 3.25. The van der Waals surface area contributed by atoms with Crippen LogP contribution in [-0.4, -0.2) is 10.0 Å². The topological polar surface area (TPSA) is 71.3 Å². The first-order chi connectivity index (χ1) is 5.20. The van der Waals surface area contributed by atoms with E-state index in [1.165, 1.54) is 0 Å². The molecule has 0 saturated carbocycles. The van der Waals surface area contributed by atoms with Gasteiger partial charge < -0.3 is 4.98 Å². The number of H-pyrrole nitrogens is 1. The fourth-order valence-corrected chi connectivity index (χ4v) is 0.706. The lowest BCUT2D eigenvalue weighted by Gasteiger charge is -1.87. The van der Waals surface area contributed by atoms with Crippen molar-refractivity contribution in [2.45, 2.75) is 6.92 Å². The number of nitrogens with one attached hydrogen (secondary N) is 1. The average Bonchev–Trinajstić information content (AvgIpc) is 1.93. The van der Waals surface area contributed by atoms with Gasteiger partial charge in [0.25, 0.3) is 0 Å². The molecule has 0 amide bonds. The third-order valence-corrected chi connectivity index (χ3v) is 1.23. The zero-order chi connectivity index (χ0) is 8.27. The molecule has 0 aliphatic heterocycles. The van der Waals surface area contributed by atoms with Gasteiger partial charge in [-0.2, -0.15) is 0 Å². The Kier molecular flexibility index (Phi) is 2.00. The lowest BCUT2D eigenvalue weighted by molar-refractivity contribution is -0.490. The van der Waals surface area contributed by atoms with E-state index in [4.69, 9.17) is 0 Å². The molecule has 0 unspecified atom stereocenters. The number of aryl methyl sites for hydroxylation is 1. The quantitative estimate of drug-likeness (QED) is 0.469. The van der Waals surface area contributed by atoms with Crippen LogP contribution in [0, 0.1) is 17.0 Å². The van der Waals surface area contributed by atoms with Gasteiger partial charge in [0.2, 0.25) is 0 Å². The van der Waals surface area contributed by atoms with Gasteiger partial charge in [-0.1, -0.05) is 0 Å². The minimum absolute atomic E-state index is 0.383. The fraction of sp³-hybridized carbons (Fsp3) is 0.167. The van der Waals surface area contributed by atoms with Gasteiger partial charge in [-0.25, -0.2) is 10.1 Å². The summed E-state index contributed by atoms with van der Waals surface area (Å²) in [5, 5.41) is 12.8. The van der Waals surface area contributed by atoms with Crippen LogP contribution in [0.1, 0.15) is 5.56 Å². The van der Waals surface area contributed by atoms with E-state index in [0.717, 1.165) is 5.56 Å². The maximum atomic E-state index is 9.95. The van der Waals surface area contributed by atoms with Crippen LogP contribution in [0.4, 0.5) is 0 Å². The highest BCUT2D eigenvalue weighted by Crippen LogP contribution is 1.82. The van der Waals surface area contributed by atoms with Crippen molar-refractivity contribution in [2.24, 2.45) is 5.10 Å². The van der Waals surface area contributed by atoms with Crippen LogP contribution in [-0.2, 0) is 0 Å². The van der Waals surface area contributed by atoms with Crippen molar-refractivity contribution in [3.05, 3.63) is 39.5 Å². The Bertz CT molecular complexity index is 329. The van der Waals surface area contributed by atoms with Gasteiger partial charge in [0.15, 0.2) is 5.03 Å². The smallest absolute Gasteiger partial charge is 0.191 e. The molecule has 0 aliphatic rings. The second-order valence-electron chi connectivity index (χ2n) is 2.05. The number of hydrogen-bond donors (Lipinski definition) is 1. The van der Waals surface area contributed by atoms with Gasteiger partial charge in [-0.3, -0.25) is 0 Å². The summed E-state index contributed by atoms with van der Waals surface area (Å²) < 4.78 is 0. The van der Waals surface area contributed by atoms with Crippen LogP contribution in [0.2, 0.25) is 0 Å². The maximum Gasteiger partial charge on any atom is 0.191 e. The summed E-state index contributed by atoms with van der Waals surface area (Å²) >= 11 is 0. The number of aromatic nitrogens is 1. The molecule has 58 valence electrons. The van der Waals surface area contributed by atoms with Gasteiger partial charge in [-0.05, 0) is 18.6 Å². The summed E-state index contributed by atoms with van der Waals surface area (Å²) in [4.78, 5) is 12.7. The molecular weight excluding hydrogens is 146 g/mol. The van der Waals surface area contributed by atoms with E-state index in [2.05, 4.69) is 10.1 Å². The molecule has 5 heteroatoms. The average molecular weight is 153 g/mol. The van der Waals surface area contributed by atoms with Gasteiger partial charge in [-0.15, -0.1) is 0 Å². The van der Waals surface area contributed by atoms with Crippen LogP contribution in [0.15, 0.2) is 23.6 Å². The third kappa shape index (κ3) is 1.89. The van der Waals surface area contributed by atoms with Crippen LogP contribution < -0.4 is 5.36 Å². The summed E-state index contributed by atoms with van der Waals surface area (Å²) in [7, 11) is 0. The number of hydrogen-bond acceptors (Lipinski definition) is 2. The predicted octanol–water partition coefficient (Wildman–Crippen LogP) is 0.416. The third-order valence-electron chi connectivity index (χ3n) is 1.23. The Hall–Kier alpha value is -1.65. The van der Waals surface area contributed by atoms with Crippen molar-refractivity contribution >= 4 is 0 Å². The van der Waals surface area contributed by atoms with E-state index in [9.17, 15) is 10.1 Å². The number of pyridine rings is 1. The lowest BCUT2D eigenvalue weighted by atomic mass is 10.3. The summed E-state index contributed by atoms with van der Waals surface area (Å²) in [5.74, 6) is 0. The highest BCUT2D eigenvalue weighted by molar-refractivity contribution is 5.04. The Balaban J connectivity index is 3.23. The van der Waals surface area contributed by atoms with Crippen molar-refractivity contribution < 1.29 is 5.03 Å². The molecule has 0 radical (unpaired) electrons. The summed E-state index contributed by atoms with van der Waals surface area (Å²) in [6, 6.07) is 1.55. The molecule has 0 bridgehead atoms.